The van der Waals surface area contributed by atoms with Gasteiger partial charge in [-0.1, -0.05) is 13.8 Å². The first kappa shape index (κ1) is 24.3. The lowest BCUT2D eigenvalue weighted by molar-refractivity contribution is -0.144. The molecule has 6 N–H and O–H groups in total. The Morgan fingerprint density at radius 2 is 1.83 bits per heavy atom. The molecule has 3 unspecified atom stereocenters. The number of likely N-dealkylation sites (tertiary alicyclic amines) is 1. The average Bonchev–Trinajstić information content (AvgIpc) is 3.12. The first-order valence-corrected chi connectivity index (χ1v) is 9.60. The molecule has 1 aliphatic heterocycles. The number of rotatable bonds is 11. The molecular formula is C18H30N4O7. The van der Waals surface area contributed by atoms with E-state index in [1.165, 1.54) is 4.90 Å². The van der Waals surface area contributed by atoms with E-state index in [0.29, 0.717) is 19.4 Å². The van der Waals surface area contributed by atoms with Crippen LogP contribution in [0.15, 0.2) is 0 Å². The van der Waals surface area contributed by atoms with Crippen LogP contribution in [0, 0.1) is 5.92 Å². The predicted octanol–water partition coefficient (Wildman–Crippen LogP) is -1.10. The fourth-order valence-corrected chi connectivity index (χ4v) is 3.10. The standard InChI is InChI=1S/C18H30N4O7/c1-10(2)8-12(18(28)29)21-17(27)13-4-3-7-22(13)14(23)9-20-16(26)11(19)5-6-15(24)25/h10-13H,3-9,19H2,1-2H3,(H,20,26)(H,21,27)(H,24,25)(H,28,29). The van der Waals surface area contributed by atoms with E-state index in [1.807, 2.05) is 13.8 Å². The summed E-state index contributed by atoms with van der Waals surface area (Å²) >= 11 is 0. The second kappa shape index (κ2) is 11.3. The smallest absolute Gasteiger partial charge is 0.326 e. The van der Waals surface area contributed by atoms with Gasteiger partial charge in [0, 0.05) is 13.0 Å². The minimum absolute atomic E-state index is 0.0590. The lowest BCUT2D eigenvalue weighted by Crippen LogP contribution is -2.53. The minimum atomic E-state index is -1.13. The monoisotopic (exact) mass is 414 g/mol. The number of carbonyl (C=O) groups excluding carboxylic acids is 3. The molecule has 3 amide bonds. The van der Waals surface area contributed by atoms with Crippen LogP contribution in [0.4, 0.5) is 0 Å². The molecule has 3 atom stereocenters. The van der Waals surface area contributed by atoms with E-state index < -0.39 is 47.8 Å². The first-order valence-electron chi connectivity index (χ1n) is 9.60. The summed E-state index contributed by atoms with van der Waals surface area (Å²) in [5.41, 5.74) is 5.58. The van der Waals surface area contributed by atoms with Crippen molar-refractivity contribution in [2.45, 2.75) is 64.1 Å². The van der Waals surface area contributed by atoms with E-state index in [2.05, 4.69) is 10.6 Å². The van der Waals surface area contributed by atoms with Crippen molar-refractivity contribution in [3.05, 3.63) is 0 Å². The summed E-state index contributed by atoms with van der Waals surface area (Å²) in [5.74, 6) is -3.82. The second-order valence-corrected chi connectivity index (χ2v) is 7.53. The average molecular weight is 414 g/mol. The maximum Gasteiger partial charge on any atom is 0.326 e. The minimum Gasteiger partial charge on any atom is -0.481 e. The number of aliphatic carboxylic acids is 2. The number of nitrogens with one attached hydrogen (secondary N) is 2. The highest BCUT2D eigenvalue weighted by atomic mass is 16.4. The van der Waals surface area contributed by atoms with Gasteiger partial charge in [0.15, 0.2) is 0 Å². The van der Waals surface area contributed by atoms with Crippen molar-refractivity contribution in [3.8, 4) is 0 Å². The summed E-state index contributed by atoms with van der Waals surface area (Å²) < 4.78 is 0. The zero-order chi connectivity index (χ0) is 22.1. The second-order valence-electron chi connectivity index (χ2n) is 7.53. The Labute approximate surface area is 169 Å². The van der Waals surface area contributed by atoms with Gasteiger partial charge in [0.25, 0.3) is 0 Å². The topological polar surface area (TPSA) is 179 Å². The molecule has 11 nitrogen and oxygen atoms in total. The van der Waals surface area contributed by atoms with E-state index in [-0.39, 0.29) is 31.7 Å². The van der Waals surface area contributed by atoms with Crippen LogP contribution < -0.4 is 16.4 Å². The molecule has 0 radical (unpaired) electrons. The highest BCUT2D eigenvalue weighted by Crippen LogP contribution is 2.18. The molecule has 164 valence electrons. The molecule has 0 aliphatic carbocycles. The Morgan fingerprint density at radius 1 is 1.17 bits per heavy atom. The third-order valence-corrected chi connectivity index (χ3v) is 4.62. The summed E-state index contributed by atoms with van der Waals surface area (Å²) in [5, 5.41) is 22.7. The molecule has 0 aromatic rings. The third-order valence-electron chi connectivity index (χ3n) is 4.62. The van der Waals surface area contributed by atoms with E-state index in [4.69, 9.17) is 10.8 Å². The van der Waals surface area contributed by atoms with Crippen molar-refractivity contribution < 1.29 is 34.2 Å². The van der Waals surface area contributed by atoms with Crippen LogP contribution in [0.3, 0.4) is 0 Å². The van der Waals surface area contributed by atoms with Crippen molar-refractivity contribution in [2.24, 2.45) is 11.7 Å². The Hall–Kier alpha value is -2.69. The number of hydrogen-bond acceptors (Lipinski definition) is 6. The van der Waals surface area contributed by atoms with Gasteiger partial charge in [0.2, 0.25) is 17.7 Å². The molecule has 0 saturated carbocycles. The van der Waals surface area contributed by atoms with Gasteiger partial charge in [-0.25, -0.2) is 4.79 Å². The van der Waals surface area contributed by atoms with E-state index in [1.54, 1.807) is 0 Å². The molecule has 11 heteroatoms. The maximum absolute atomic E-state index is 12.5. The zero-order valence-corrected chi connectivity index (χ0v) is 16.7. The number of carbonyl (C=O) groups is 5. The van der Waals surface area contributed by atoms with Gasteiger partial charge < -0.3 is 31.5 Å². The van der Waals surface area contributed by atoms with Crippen LogP contribution >= 0.6 is 0 Å². The summed E-state index contributed by atoms with van der Waals surface area (Å²) in [7, 11) is 0. The molecule has 0 aromatic heterocycles. The molecule has 1 fully saturated rings. The van der Waals surface area contributed by atoms with Crippen molar-refractivity contribution >= 4 is 29.7 Å². The molecule has 0 aromatic carbocycles. The largest absolute Gasteiger partial charge is 0.481 e. The highest BCUT2D eigenvalue weighted by molar-refractivity contribution is 5.93. The fourth-order valence-electron chi connectivity index (χ4n) is 3.10. The van der Waals surface area contributed by atoms with Crippen LogP contribution in [0.5, 0.6) is 0 Å². The lowest BCUT2D eigenvalue weighted by atomic mass is 10.0. The Balaban J connectivity index is 2.60. The molecule has 0 bridgehead atoms. The van der Waals surface area contributed by atoms with Gasteiger partial charge in [0.1, 0.15) is 12.1 Å². The van der Waals surface area contributed by atoms with E-state index in [0.717, 1.165) is 0 Å². The van der Waals surface area contributed by atoms with Gasteiger partial charge in [-0.2, -0.15) is 0 Å². The van der Waals surface area contributed by atoms with Crippen LogP contribution in [0.25, 0.3) is 0 Å². The number of nitrogens with zero attached hydrogens (tertiary/aromatic N) is 1. The molecule has 1 aliphatic rings. The highest BCUT2D eigenvalue weighted by Gasteiger charge is 2.36. The number of carboxylic acids is 2. The lowest BCUT2D eigenvalue weighted by Gasteiger charge is -2.26. The van der Waals surface area contributed by atoms with Gasteiger partial charge in [-0.05, 0) is 31.6 Å². The molecule has 1 rings (SSSR count). The number of hydrogen-bond donors (Lipinski definition) is 5. The van der Waals surface area contributed by atoms with Crippen molar-refractivity contribution in [2.75, 3.05) is 13.1 Å². The summed E-state index contributed by atoms with van der Waals surface area (Å²) in [4.78, 5) is 60.0. The van der Waals surface area contributed by atoms with Crippen LogP contribution in [0.2, 0.25) is 0 Å². The summed E-state index contributed by atoms with van der Waals surface area (Å²) in [6, 6.07) is -2.88. The third kappa shape index (κ3) is 8.06. The van der Waals surface area contributed by atoms with Crippen LogP contribution in [0.1, 0.15) is 46.0 Å². The van der Waals surface area contributed by atoms with Crippen molar-refractivity contribution in [1.29, 1.82) is 0 Å². The normalized spacial score (nSPS) is 18.2. The number of amides is 3. The SMILES string of the molecule is CC(C)CC(NC(=O)C1CCCN1C(=O)CNC(=O)C(N)CCC(=O)O)C(=O)O. The molecule has 1 saturated heterocycles. The van der Waals surface area contributed by atoms with Gasteiger partial charge in [0.05, 0.1) is 12.6 Å². The Bertz CT molecular complexity index is 638. The Kier molecular flexibility index (Phi) is 9.53. The van der Waals surface area contributed by atoms with Gasteiger partial charge >= 0.3 is 11.9 Å². The molecule has 1 heterocycles. The summed E-state index contributed by atoms with van der Waals surface area (Å²) in [6.45, 7) is 3.63. The number of nitrogens with two attached hydrogens (primary N) is 1. The van der Waals surface area contributed by atoms with Gasteiger partial charge in [-0.3, -0.25) is 19.2 Å². The van der Waals surface area contributed by atoms with E-state index in [9.17, 15) is 29.1 Å². The quantitative estimate of drug-likeness (QED) is 0.283. The molecule has 29 heavy (non-hydrogen) atoms. The first-order chi connectivity index (χ1) is 13.5. The van der Waals surface area contributed by atoms with Crippen LogP contribution in [-0.2, 0) is 24.0 Å². The van der Waals surface area contributed by atoms with E-state index >= 15 is 0 Å². The Morgan fingerprint density at radius 3 is 2.38 bits per heavy atom. The number of carboxylic acid groups (broad SMARTS) is 2. The zero-order valence-electron chi connectivity index (χ0n) is 16.7. The molecular weight excluding hydrogens is 384 g/mol. The van der Waals surface area contributed by atoms with Crippen molar-refractivity contribution in [3.63, 3.8) is 0 Å². The predicted molar refractivity (Wildman–Crippen MR) is 102 cm³/mol. The summed E-state index contributed by atoms with van der Waals surface area (Å²) in [6.07, 6.45) is 0.927. The van der Waals surface area contributed by atoms with Crippen LogP contribution in [-0.4, -0.2) is 76.0 Å². The van der Waals surface area contributed by atoms with Gasteiger partial charge in [-0.15, -0.1) is 0 Å². The fraction of sp³-hybridized carbons (Fsp3) is 0.722. The maximum atomic E-state index is 12.5. The van der Waals surface area contributed by atoms with Crippen molar-refractivity contribution in [1.82, 2.24) is 15.5 Å². The molecule has 0 spiro atoms.